The molecular formula is C23H23FN4O3. The van der Waals surface area contributed by atoms with Gasteiger partial charge in [-0.05, 0) is 31.2 Å². The van der Waals surface area contributed by atoms with Gasteiger partial charge in [0.1, 0.15) is 6.61 Å². The first-order chi connectivity index (χ1) is 15.2. The molecule has 0 spiro atoms. The first kappa shape index (κ1) is 19.6. The van der Waals surface area contributed by atoms with E-state index >= 15 is 0 Å². The first-order valence-corrected chi connectivity index (χ1v) is 10.3. The van der Waals surface area contributed by atoms with E-state index in [1.54, 1.807) is 24.5 Å². The number of hydrogen-bond donors (Lipinski definition) is 0. The lowest BCUT2D eigenvalue weighted by molar-refractivity contribution is 0.0987. The van der Waals surface area contributed by atoms with Crippen LogP contribution in [0.1, 0.15) is 6.92 Å². The topological polar surface area (TPSA) is 60.0 Å². The molecule has 1 unspecified atom stereocenters. The van der Waals surface area contributed by atoms with Gasteiger partial charge in [-0.15, -0.1) is 0 Å². The van der Waals surface area contributed by atoms with Crippen molar-refractivity contribution in [3.05, 3.63) is 60.7 Å². The normalized spacial score (nSPS) is 18.3. The van der Waals surface area contributed by atoms with Gasteiger partial charge in [0.15, 0.2) is 23.1 Å². The van der Waals surface area contributed by atoms with Crippen molar-refractivity contribution in [3.8, 4) is 17.2 Å². The molecule has 0 N–H and O–H groups in total. The van der Waals surface area contributed by atoms with Crippen LogP contribution in [0, 0.1) is 5.82 Å². The molecular weight excluding hydrogens is 399 g/mol. The number of anilines is 3. The number of fused-ring (bicyclic) bond motifs is 1. The molecule has 8 heteroatoms. The van der Waals surface area contributed by atoms with Crippen molar-refractivity contribution in [2.45, 2.75) is 13.0 Å². The van der Waals surface area contributed by atoms with E-state index in [0.717, 1.165) is 18.0 Å². The lowest BCUT2D eigenvalue weighted by atomic mass is 10.2. The highest BCUT2D eigenvalue weighted by atomic mass is 19.1. The molecule has 0 aliphatic carbocycles. The molecule has 1 aromatic heterocycles. The summed E-state index contributed by atoms with van der Waals surface area (Å²) in [6.07, 6.45) is 3.27. The zero-order chi connectivity index (χ0) is 21.2. The average molecular weight is 422 g/mol. The summed E-state index contributed by atoms with van der Waals surface area (Å²) in [4.78, 5) is 13.1. The summed E-state index contributed by atoms with van der Waals surface area (Å²) in [6, 6.07) is 13.0. The van der Waals surface area contributed by atoms with Gasteiger partial charge in [-0.2, -0.15) is 0 Å². The minimum absolute atomic E-state index is 0.228. The summed E-state index contributed by atoms with van der Waals surface area (Å²) >= 11 is 0. The van der Waals surface area contributed by atoms with Crippen molar-refractivity contribution in [1.29, 1.82) is 0 Å². The van der Waals surface area contributed by atoms with Gasteiger partial charge in [-0.25, -0.2) is 14.4 Å². The highest BCUT2D eigenvalue weighted by Crippen LogP contribution is 2.38. The van der Waals surface area contributed by atoms with Crippen LogP contribution >= 0.6 is 0 Å². The zero-order valence-electron chi connectivity index (χ0n) is 17.2. The summed E-state index contributed by atoms with van der Waals surface area (Å²) in [5, 5.41) is 0. The van der Waals surface area contributed by atoms with Crippen molar-refractivity contribution in [1.82, 2.24) is 9.97 Å². The number of para-hydroxylation sites is 3. The molecule has 5 rings (SSSR count). The van der Waals surface area contributed by atoms with Crippen LogP contribution in [-0.2, 0) is 4.74 Å². The predicted molar refractivity (Wildman–Crippen MR) is 115 cm³/mol. The molecule has 2 aliphatic heterocycles. The third-order valence-corrected chi connectivity index (χ3v) is 5.42. The van der Waals surface area contributed by atoms with Crippen LogP contribution in [0.25, 0.3) is 0 Å². The highest BCUT2D eigenvalue weighted by Gasteiger charge is 2.25. The van der Waals surface area contributed by atoms with Crippen molar-refractivity contribution < 1.29 is 18.6 Å². The Morgan fingerprint density at radius 3 is 2.65 bits per heavy atom. The Labute approximate surface area is 180 Å². The quantitative estimate of drug-likeness (QED) is 0.626. The van der Waals surface area contributed by atoms with Crippen LogP contribution in [0.3, 0.4) is 0 Å². The van der Waals surface area contributed by atoms with Gasteiger partial charge in [-0.1, -0.05) is 18.2 Å². The largest absolute Gasteiger partial charge is 0.486 e. The van der Waals surface area contributed by atoms with Crippen molar-refractivity contribution in [2.75, 3.05) is 42.7 Å². The maximum absolute atomic E-state index is 14.1. The molecule has 3 aromatic rings. The van der Waals surface area contributed by atoms with E-state index in [1.165, 1.54) is 6.07 Å². The monoisotopic (exact) mass is 422 g/mol. The number of morpholine rings is 1. The summed E-state index contributed by atoms with van der Waals surface area (Å²) in [7, 11) is 0. The van der Waals surface area contributed by atoms with E-state index in [4.69, 9.17) is 14.2 Å². The minimum atomic E-state index is -0.392. The van der Waals surface area contributed by atoms with Crippen LogP contribution in [0.4, 0.5) is 21.7 Å². The van der Waals surface area contributed by atoms with Gasteiger partial charge in [0, 0.05) is 12.6 Å². The fourth-order valence-corrected chi connectivity index (χ4v) is 3.91. The molecule has 1 saturated heterocycles. The highest BCUT2D eigenvalue weighted by molar-refractivity contribution is 5.67. The molecule has 0 radical (unpaired) electrons. The van der Waals surface area contributed by atoms with Gasteiger partial charge in [-0.3, -0.25) is 0 Å². The maximum atomic E-state index is 14.1. The summed E-state index contributed by atoms with van der Waals surface area (Å²) in [5.74, 6) is 1.58. The SMILES string of the molecule is CC1COCCN1c1ccccc1Oc1cnc(N2CCOc3c(F)cccc32)nc1. The number of benzene rings is 2. The lowest BCUT2D eigenvalue weighted by Gasteiger charge is -2.36. The molecule has 2 aromatic carbocycles. The van der Waals surface area contributed by atoms with E-state index in [-0.39, 0.29) is 11.8 Å². The third-order valence-electron chi connectivity index (χ3n) is 5.42. The minimum Gasteiger partial charge on any atom is -0.486 e. The van der Waals surface area contributed by atoms with Crippen molar-refractivity contribution >= 4 is 17.3 Å². The zero-order valence-corrected chi connectivity index (χ0v) is 17.2. The van der Waals surface area contributed by atoms with Gasteiger partial charge in [0.25, 0.3) is 0 Å². The van der Waals surface area contributed by atoms with E-state index in [0.29, 0.717) is 43.8 Å². The van der Waals surface area contributed by atoms with Crippen molar-refractivity contribution in [2.24, 2.45) is 0 Å². The standard InChI is InChI=1S/C23H23FN4O3/c1-16-15-29-11-9-27(16)19-6-2-3-8-21(19)31-17-13-25-23(26-14-17)28-10-12-30-22-18(24)5-4-7-20(22)28/h2-8,13-14,16H,9-12,15H2,1H3. The van der Waals surface area contributed by atoms with Crippen LogP contribution < -0.4 is 19.3 Å². The summed E-state index contributed by atoms with van der Waals surface area (Å²) in [5.41, 5.74) is 1.63. The first-order valence-electron chi connectivity index (χ1n) is 10.3. The number of nitrogens with zero attached hydrogens (tertiary/aromatic N) is 4. The van der Waals surface area contributed by atoms with E-state index in [1.807, 2.05) is 29.2 Å². The number of hydrogen-bond acceptors (Lipinski definition) is 7. The Morgan fingerprint density at radius 2 is 1.81 bits per heavy atom. The summed E-state index contributed by atoms with van der Waals surface area (Å²) < 4.78 is 31.2. The van der Waals surface area contributed by atoms with Crippen LogP contribution in [0.2, 0.25) is 0 Å². The van der Waals surface area contributed by atoms with E-state index in [9.17, 15) is 4.39 Å². The van der Waals surface area contributed by atoms with Gasteiger partial charge in [0.05, 0.1) is 43.5 Å². The molecule has 160 valence electrons. The lowest BCUT2D eigenvalue weighted by Crippen LogP contribution is -2.43. The fraction of sp³-hybridized carbons (Fsp3) is 0.304. The predicted octanol–water partition coefficient (Wildman–Crippen LogP) is 4.16. The van der Waals surface area contributed by atoms with E-state index < -0.39 is 5.82 Å². The second kappa shape index (κ2) is 8.39. The van der Waals surface area contributed by atoms with Gasteiger partial charge in [0.2, 0.25) is 5.95 Å². The Balaban J connectivity index is 1.38. The maximum Gasteiger partial charge on any atom is 0.230 e. The molecule has 2 aliphatic rings. The Hall–Kier alpha value is -3.39. The Kier molecular flexibility index (Phi) is 5.30. The average Bonchev–Trinajstić information content (AvgIpc) is 2.81. The molecule has 1 atom stereocenters. The third kappa shape index (κ3) is 3.86. The second-order valence-corrected chi connectivity index (χ2v) is 7.49. The van der Waals surface area contributed by atoms with E-state index in [2.05, 4.69) is 21.8 Å². The smallest absolute Gasteiger partial charge is 0.230 e. The van der Waals surface area contributed by atoms with Crippen LogP contribution in [-0.4, -0.2) is 48.9 Å². The molecule has 31 heavy (non-hydrogen) atoms. The molecule has 1 fully saturated rings. The molecule has 3 heterocycles. The fourth-order valence-electron chi connectivity index (χ4n) is 3.91. The van der Waals surface area contributed by atoms with Gasteiger partial charge < -0.3 is 24.0 Å². The number of halogens is 1. The van der Waals surface area contributed by atoms with Crippen molar-refractivity contribution in [3.63, 3.8) is 0 Å². The Bertz CT molecular complexity index is 1060. The molecule has 0 amide bonds. The molecule has 7 nitrogen and oxygen atoms in total. The second-order valence-electron chi connectivity index (χ2n) is 7.49. The summed E-state index contributed by atoms with van der Waals surface area (Å²) in [6.45, 7) is 5.22. The van der Waals surface area contributed by atoms with Crippen LogP contribution in [0.15, 0.2) is 54.9 Å². The number of ether oxygens (including phenoxy) is 3. The van der Waals surface area contributed by atoms with Crippen LogP contribution in [0.5, 0.6) is 17.2 Å². The number of aromatic nitrogens is 2. The Morgan fingerprint density at radius 1 is 1.00 bits per heavy atom. The number of rotatable bonds is 4. The molecule has 0 bridgehead atoms. The van der Waals surface area contributed by atoms with Gasteiger partial charge >= 0.3 is 0 Å². The molecule has 0 saturated carbocycles.